The van der Waals surface area contributed by atoms with Gasteiger partial charge in [0.15, 0.2) is 0 Å². The molecule has 4 nitrogen and oxygen atoms in total. The molecule has 3 unspecified atom stereocenters. The molecule has 19 heavy (non-hydrogen) atoms. The van der Waals surface area contributed by atoms with E-state index in [9.17, 15) is 9.59 Å². The van der Waals surface area contributed by atoms with Crippen molar-refractivity contribution in [1.29, 1.82) is 0 Å². The summed E-state index contributed by atoms with van der Waals surface area (Å²) in [5.74, 6) is 1.37. The lowest BCUT2D eigenvalue weighted by Gasteiger charge is -2.46. The fourth-order valence-corrected chi connectivity index (χ4v) is 3.95. The van der Waals surface area contributed by atoms with Crippen molar-refractivity contribution < 1.29 is 9.59 Å². The highest BCUT2D eigenvalue weighted by Gasteiger charge is 2.49. The standard InChI is InChI=1S/C14H24N2O2S/c1-9(2)12-14(18)15-7-5-6-11(15)13(17)16(12)10(3)8-19-4/h9-12H,5-8H2,1-4H3. The van der Waals surface area contributed by atoms with Crippen LogP contribution in [-0.2, 0) is 9.59 Å². The largest absolute Gasteiger partial charge is 0.329 e. The molecule has 0 aromatic heterocycles. The number of nitrogens with zero attached hydrogens (tertiary/aromatic N) is 2. The third-order valence-electron chi connectivity index (χ3n) is 4.14. The third-order valence-corrected chi connectivity index (χ3v) is 4.96. The van der Waals surface area contributed by atoms with Crippen LogP contribution >= 0.6 is 11.8 Å². The Morgan fingerprint density at radius 1 is 1.26 bits per heavy atom. The molecule has 108 valence electrons. The summed E-state index contributed by atoms with van der Waals surface area (Å²) < 4.78 is 0. The molecule has 2 aliphatic heterocycles. The highest BCUT2D eigenvalue weighted by atomic mass is 32.2. The van der Waals surface area contributed by atoms with Gasteiger partial charge >= 0.3 is 0 Å². The molecule has 3 atom stereocenters. The third kappa shape index (κ3) is 2.49. The number of carbonyl (C=O) groups excluding carboxylic acids is 2. The number of amides is 2. The molecule has 0 bridgehead atoms. The zero-order chi connectivity index (χ0) is 14.2. The minimum Gasteiger partial charge on any atom is -0.329 e. The Hall–Kier alpha value is -0.710. The molecule has 0 aromatic rings. The second-order valence-corrected chi connectivity index (χ2v) is 6.84. The first-order valence-electron chi connectivity index (χ1n) is 7.10. The van der Waals surface area contributed by atoms with Crippen LogP contribution < -0.4 is 0 Å². The van der Waals surface area contributed by atoms with E-state index in [4.69, 9.17) is 0 Å². The van der Waals surface area contributed by atoms with Gasteiger partial charge in [-0.25, -0.2) is 0 Å². The summed E-state index contributed by atoms with van der Waals surface area (Å²) in [5.41, 5.74) is 0. The zero-order valence-corrected chi connectivity index (χ0v) is 13.1. The number of carbonyl (C=O) groups is 2. The Labute approximate surface area is 119 Å². The smallest absolute Gasteiger partial charge is 0.246 e. The van der Waals surface area contributed by atoms with Crippen molar-refractivity contribution in [2.45, 2.75) is 51.7 Å². The summed E-state index contributed by atoms with van der Waals surface area (Å²) >= 11 is 1.73. The van der Waals surface area contributed by atoms with E-state index in [2.05, 4.69) is 6.92 Å². The average Bonchev–Trinajstić information content (AvgIpc) is 2.82. The van der Waals surface area contributed by atoms with E-state index in [1.807, 2.05) is 29.9 Å². The molecular weight excluding hydrogens is 260 g/mol. The molecule has 2 amide bonds. The summed E-state index contributed by atoms with van der Waals surface area (Å²) in [4.78, 5) is 29.0. The van der Waals surface area contributed by atoms with Crippen LogP contribution in [0.4, 0.5) is 0 Å². The number of hydrogen-bond donors (Lipinski definition) is 0. The summed E-state index contributed by atoms with van der Waals surface area (Å²) in [6, 6.07) is -0.336. The second-order valence-electron chi connectivity index (χ2n) is 5.93. The van der Waals surface area contributed by atoms with Crippen molar-refractivity contribution in [2.24, 2.45) is 5.92 Å². The lowest BCUT2D eigenvalue weighted by Crippen LogP contribution is -2.66. The molecule has 2 heterocycles. The summed E-state index contributed by atoms with van der Waals surface area (Å²) in [6.45, 7) is 6.88. The van der Waals surface area contributed by atoms with Crippen LogP contribution in [0.2, 0.25) is 0 Å². The number of fused-ring (bicyclic) bond motifs is 1. The molecule has 2 fully saturated rings. The molecular formula is C14H24N2O2S. The van der Waals surface area contributed by atoms with Gasteiger partial charge in [-0.15, -0.1) is 0 Å². The van der Waals surface area contributed by atoms with Crippen molar-refractivity contribution in [2.75, 3.05) is 18.6 Å². The summed E-state index contributed by atoms with van der Waals surface area (Å²) in [5, 5.41) is 0. The first-order chi connectivity index (χ1) is 8.99. The molecule has 0 aromatic carbocycles. The number of piperazine rings is 1. The number of thioether (sulfide) groups is 1. The monoisotopic (exact) mass is 284 g/mol. The predicted octanol–water partition coefficient (Wildman–Crippen LogP) is 1.60. The van der Waals surface area contributed by atoms with E-state index >= 15 is 0 Å². The van der Waals surface area contributed by atoms with Crippen molar-refractivity contribution in [1.82, 2.24) is 9.80 Å². The average molecular weight is 284 g/mol. The second kappa shape index (κ2) is 5.73. The maximum absolute atomic E-state index is 12.7. The molecule has 2 saturated heterocycles. The number of rotatable bonds is 4. The van der Waals surface area contributed by atoms with Gasteiger partial charge in [-0.05, 0) is 31.9 Å². The van der Waals surface area contributed by atoms with Gasteiger partial charge in [-0.2, -0.15) is 11.8 Å². The van der Waals surface area contributed by atoms with E-state index in [1.165, 1.54) is 0 Å². The first kappa shape index (κ1) is 14.7. The van der Waals surface area contributed by atoms with Crippen molar-refractivity contribution >= 4 is 23.6 Å². The van der Waals surface area contributed by atoms with Gasteiger partial charge in [-0.3, -0.25) is 9.59 Å². The van der Waals surface area contributed by atoms with Gasteiger partial charge in [0.05, 0.1) is 0 Å². The van der Waals surface area contributed by atoms with Crippen molar-refractivity contribution in [3.05, 3.63) is 0 Å². The molecule has 0 saturated carbocycles. The minimum absolute atomic E-state index is 0.126. The minimum atomic E-state index is -0.274. The lowest BCUT2D eigenvalue weighted by atomic mass is 9.94. The van der Waals surface area contributed by atoms with Gasteiger partial charge < -0.3 is 9.80 Å². The zero-order valence-electron chi connectivity index (χ0n) is 12.3. The molecule has 5 heteroatoms. The first-order valence-corrected chi connectivity index (χ1v) is 8.50. The highest BCUT2D eigenvalue weighted by molar-refractivity contribution is 7.98. The van der Waals surface area contributed by atoms with Crippen LogP contribution in [0, 0.1) is 5.92 Å². The molecule has 0 aliphatic carbocycles. The fraction of sp³-hybridized carbons (Fsp3) is 0.857. The molecule has 2 aliphatic rings. The molecule has 0 N–H and O–H groups in total. The van der Waals surface area contributed by atoms with Crippen LogP contribution in [0.15, 0.2) is 0 Å². The SMILES string of the molecule is CSCC(C)N1C(=O)C2CCCN2C(=O)C1C(C)C. The van der Waals surface area contributed by atoms with Crippen LogP contribution in [0.3, 0.4) is 0 Å². The van der Waals surface area contributed by atoms with E-state index in [-0.39, 0.29) is 35.9 Å². The van der Waals surface area contributed by atoms with Gasteiger partial charge in [0.25, 0.3) is 0 Å². The van der Waals surface area contributed by atoms with E-state index < -0.39 is 0 Å². The van der Waals surface area contributed by atoms with E-state index in [1.54, 1.807) is 11.8 Å². The molecule has 0 spiro atoms. The van der Waals surface area contributed by atoms with Crippen LogP contribution in [0.25, 0.3) is 0 Å². The number of hydrogen-bond acceptors (Lipinski definition) is 3. The van der Waals surface area contributed by atoms with Crippen LogP contribution in [0.1, 0.15) is 33.6 Å². The Balaban J connectivity index is 2.31. The van der Waals surface area contributed by atoms with Crippen molar-refractivity contribution in [3.8, 4) is 0 Å². The Morgan fingerprint density at radius 3 is 2.53 bits per heavy atom. The normalized spacial score (nSPS) is 29.1. The summed E-state index contributed by atoms with van der Waals surface area (Å²) in [6.07, 6.45) is 3.83. The predicted molar refractivity (Wildman–Crippen MR) is 78.1 cm³/mol. The quantitative estimate of drug-likeness (QED) is 0.787. The van der Waals surface area contributed by atoms with E-state index in [0.717, 1.165) is 25.1 Å². The van der Waals surface area contributed by atoms with Crippen molar-refractivity contribution in [3.63, 3.8) is 0 Å². The van der Waals surface area contributed by atoms with Gasteiger partial charge in [0.1, 0.15) is 12.1 Å². The summed E-state index contributed by atoms with van der Waals surface area (Å²) in [7, 11) is 0. The van der Waals surface area contributed by atoms with Gasteiger partial charge in [0, 0.05) is 18.3 Å². The Bertz CT molecular complexity index is 372. The van der Waals surface area contributed by atoms with Gasteiger partial charge in [0.2, 0.25) is 11.8 Å². The van der Waals surface area contributed by atoms with E-state index in [0.29, 0.717) is 0 Å². The van der Waals surface area contributed by atoms with Crippen LogP contribution in [0.5, 0.6) is 0 Å². The highest BCUT2D eigenvalue weighted by Crippen LogP contribution is 2.31. The molecule has 2 rings (SSSR count). The Morgan fingerprint density at radius 2 is 1.95 bits per heavy atom. The Kier molecular flexibility index (Phi) is 4.43. The van der Waals surface area contributed by atoms with Crippen LogP contribution in [-0.4, -0.2) is 58.3 Å². The topological polar surface area (TPSA) is 40.6 Å². The van der Waals surface area contributed by atoms with Gasteiger partial charge in [-0.1, -0.05) is 13.8 Å². The maximum atomic E-state index is 12.7. The lowest BCUT2D eigenvalue weighted by molar-refractivity contribution is -0.163. The maximum Gasteiger partial charge on any atom is 0.246 e. The molecule has 0 radical (unpaired) electrons. The fourth-order valence-electron chi connectivity index (χ4n) is 3.30.